The van der Waals surface area contributed by atoms with Crippen molar-refractivity contribution in [1.82, 2.24) is 0 Å². The molecule has 0 heterocycles. The molecular formula is C15H22N2O3. The second-order valence-electron chi connectivity index (χ2n) is 5.54. The summed E-state index contributed by atoms with van der Waals surface area (Å²) in [6.07, 6.45) is -0.791. The van der Waals surface area contributed by atoms with Crippen LogP contribution < -0.4 is 11.0 Å². The fourth-order valence-corrected chi connectivity index (χ4v) is 1.98. The van der Waals surface area contributed by atoms with Crippen LogP contribution in [-0.2, 0) is 16.1 Å². The molecule has 110 valence electrons. The Labute approximate surface area is 121 Å². The lowest BCUT2D eigenvalue weighted by molar-refractivity contribution is -0.125. The van der Waals surface area contributed by atoms with Gasteiger partial charge in [-0.05, 0) is 31.5 Å². The lowest BCUT2D eigenvalue weighted by atomic mass is 9.90. The van der Waals surface area contributed by atoms with Crippen molar-refractivity contribution in [3.63, 3.8) is 0 Å². The molecule has 0 atom stereocenters. The average molecular weight is 279 g/mol. The minimum atomic E-state index is -0.791. The Morgan fingerprint density at radius 1 is 1.35 bits per heavy atom. The smallest absolute Gasteiger partial charge is 0.404 e. The number of hydrogen-bond acceptors (Lipinski definition) is 4. The first kappa shape index (κ1) is 14.4. The molecule has 0 unspecified atom stereocenters. The molecule has 0 aliphatic rings. The Balaban J connectivity index is 2.66. The van der Waals surface area contributed by atoms with Gasteiger partial charge in [-0.1, -0.05) is 26.0 Å². The van der Waals surface area contributed by atoms with E-state index in [-0.39, 0.29) is 18.3 Å². The molecule has 0 saturated heterocycles. The number of rotatable bonds is 6. The second-order valence-corrected chi connectivity index (χ2v) is 5.54. The van der Waals surface area contributed by atoms with Crippen LogP contribution in [0.25, 0.3) is 0 Å². The molecule has 0 radical (unpaired) electrons. The number of primary amides is 1. The molecule has 0 fully saturated rings. The number of benzene rings is 1. The van der Waals surface area contributed by atoms with Crippen LogP contribution in [0, 0.1) is 5.92 Å². The summed E-state index contributed by atoms with van der Waals surface area (Å²) in [5.74, 6) is 0.102. The predicted molar refractivity (Wildman–Crippen MR) is 78.4 cm³/mol. The fourth-order valence-electron chi connectivity index (χ4n) is 1.98. The number of anilines is 1. The quantitative estimate of drug-likeness (QED) is 0.838. The Bertz CT molecular complexity index is 498. The van der Waals surface area contributed by atoms with Crippen LogP contribution in [0.15, 0.2) is 24.3 Å². The van der Waals surface area contributed by atoms with Crippen LogP contribution in [0.2, 0.25) is 1.41 Å². The number of amides is 1. The van der Waals surface area contributed by atoms with E-state index >= 15 is 0 Å². The highest BCUT2D eigenvalue weighted by Gasteiger charge is 2.29. The number of ketones is 1. The number of carbonyl (C=O) groups excluding carboxylic acids is 2. The van der Waals surface area contributed by atoms with Crippen molar-refractivity contribution >= 4 is 17.6 Å². The molecule has 1 aromatic carbocycles. The molecule has 0 aliphatic heterocycles. The van der Waals surface area contributed by atoms with Gasteiger partial charge in [-0.15, -0.1) is 0 Å². The second kappa shape index (κ2) is 6.41. The Morgan fingerprint density at radius 2 is 1.95 bits per heavy atom. The van der Waals surface area contributed by atoms with Crippen molar-refractivity contribution in [1.29, 1.82) is 0 Å². The van der Waals surface area contributed by atoms with Crippen molar-refractivity contribution in [2.75, 3.05) is 5.32 Å². The van der Waals surface area contributed by atoms with E-state index in [1.807, 2.05) is 39.8 Å². The third-order valence-corrected chi connectivity index (χ3v) is 2.92. The topological polar surface area (TPSA) is 81.4 Å². The minimum Gasteiger partial charge on any atom is -0.445 e. The summed E-state index contributed by atoms with van der Waals surface area (Å²) in [4.78, 5) is 22.9. The molecule has 3 N–H and O–H groups in total. The molecule has 0 aromatic heterocycles. The largest absolute Gasteiger partial charge is 0.445 e. The average Bonchev–Trinajstić information content (AvgIpc) is 2.44. The standard InChI is InChI=1S/C15H22N2O3/c1-10(2)13(18)15(3,4)17-12-7-5-11(6-8-12)9-20-14(16)19/h5-8,10,17H,9H2,1-4H3,(H2,16,19)/i/hD. The number of Topliss-reactive ketones (excluding diaryl/α,β-unsaturated/α-hetero) is 1. The monoisotopic (exact) mass is 279 g/mol. The maximum atomic E-state index is 12.1. The Kier molecular flexibility index (Phi) is 4.61. The van der Waals surface area contributed by atoms with Gasteiger partial charge in [0.25, 0.3) is 0 Å². The molecule has 1 amide bonds. The molecule has 0 aliphatic carbocycles. The van der Waals surface area contributed by atoms with Gasteiger partial charge in [-0.25, -0.2) is 4.79 Å². The van der Waals surface area contributed by atoms with E-state index < -0.39 is 11.6 Å². The molecule has 20 heavy (non-hydrogen) atoms. The molecular weight excluding hydrogens is 256 g/mol. The molecule has 5 heteroatoms. The minimum absolute atomic E-state index is 0.0384. The van der Waals surface area contributed by atoms with E-state index in [0.29, 0.717) is 0 Å². The first-order valence-electron chi connectivity index (χ1n) is 7.02. The maximum Gasteiger partial charge on any atom is 0.404 e. The number of nitrogens with one attached hydrogen (secondary N) is 1. The summed E-state index contributed by atoms with van der Waals surface area (Å²) >= 11 is 0. The van der Waals surface area contributed by atoms with Crippen molar-refractivity contribution in [3.8, 4) is 0 Å². The highest BCUT2D eigenvalue weighted by molar-refractivity contribution is 5.91. The first-order chi connectivity index (χ1) is 9.76. The van der Waals surface area contributed by atoms with Crippen molar-refractivity contribution in [2.24, 2.45) is 11.6 Å². The van der Waals surface area contributed by atoms with Crippen molar-refractivity contribution < 1.29 is 15.7 Å². The molecule has 1 rings (SSSR count). The molecule has 5 nitrogen and oxygen atoms in total. The van der Waals surface area contributed by atoms with E-state index in [2.05, 4.69) is 5.32 Å². The third-order valence-electron chi connectivity index (χ3n) is 2.92. The first-order valence-corrected chi connectivity index (χ1v) is 6.52. The zero-order valence-corrected chi connectivity index (χ0v) is 12.3. The number of nitrogens with two attached hydrogens (primary N) is 1. The van der Waals surface area contributed by atoms with Crippen molar-refractivity contribution in [3.05, 3.63) is 29.8 Å². The van der Waals surface area contributed by atoms with E-state index in [0.717, 1.165) is 11.3 Å². The molecule has 0 spiro atoms. The van der Waals surface area contributed by atoms with Gasteiger partial charge < -0.3 is 15.8 Å². The fraction of sp³-hybridized carbons (Fsp3) is 0.467. The molecule has 0 saturated carbocycles. The van der Waals surface area contributed by atoms with Crippen molar-refractivity contribution in [2.45, 2.75) is 39.8 Å². The van der Waals surface area contributed by atoms with Crippen LogP contribution in [0.5, 0.6) is 0 Å². The highest BCUT2D eigenvalue weighted by atomic mass is 16.5. The van der Waals surface area contributed by atoms with Gasteiger partial charge in [0, 0.05) is 11.6 Å². The summed E-state index contributed by atoms with van der Waals surface area (Å²) < 4.78 is 11.4. The van der Waals surface area contributed by atoms with E-state index in [1.54, 1.807) is 17.9 Å². The zero-order valence-electron chi connectivity index (χ0n) is 13.3. The summed E-state index contributed by atoms with van der Waals surface area (Å²) in [6, 6.07) is 7.25. The molecule has 1 aromatic rings. The van der Waals surface area contributed by atoms with E-state index in [1.165, 1.54) is 0 Å². The van der Waals surface area contributed by atoms with Crippen LogP contribution in [-0.4, -0.2) is 17.4 Å². The normalized spacial score (nSPS) is 11.8. The number of ether oxygens (including phenoxy) is 1. The highest BCUT2D eigenvalue weighted by Crippen LogP contribution is 2.19. The van der Waals surface area contributed by atoms with Gasteiger partial charge in [-0.3, -0.25) is 4.79 Å². The third kappa shape index (κ3) is 4.57. The van der Waals surface area contributed by atoms with Crippen LogP contribution >= 0.6 is 0 Å². The molecule has 0 bridgehead atoms. The van der Waals surface area contributed by atoms with Gasteiger partial charge in [-0.2, -0.15) is 0 Å². The lowest BCUT2D eigenvalue weighted by Crippen LogP contribution is -2.42. The summed E-state index contributed by atoms with van der Waals surface area (Å²) in [5.41, 5.74) is 2.62. The van der Waals surface area contributed by atoms with Gasteiger partial charge >= 0.3 is 6.09 Å². The maximum absolute atomic E-state index is 12.1. The van der Waals surface area contributed by atoms with Crippen LogP contribution in [0.1, 0.15) is 33.3 Å². The van der Waals surface area contributed by atoms with E-state index in [4.69, 9.17) is 6.15 Å². The lowest BCUT2D eigenvalue weighted by Gasteiger charge is -2.28. The Morgan fingerprint density at radius 3 is 2.45 bits per heavy atom. The van der Waals surface area contributed by atoms with Crippen LogP contribution in [0.3, 0.4) is 0 Å². The zero-order chi connectivity index (χ0) is 16.0. The summed E-state index contributed by atoms with van der Waals surface area (Å²) in [6.45, 7) is 7.56. The van der Waals surface area contributed by atoms with Gasteiger partial charge in [0.05, 0.1) is 5.54 Å². The van der Waals surface area contributed by atoms with Crippen LogP contribution in [0.4, 0.5) is 10.5 Å². The van der Waals surface area contributed by atoms with Gasteiger partial charge in [0.2, 0.25) is 0 Å². The summed E-state index contributed by atoms with van der Waals surface area (Å²) in [5, 5.41) is 3.20. The van der Waals surface area contributed by atoms with Gasteiger partial charge in [0.1, 0.15) is 6.61 Å². The number of hydrogen-bond donors (Lipinski definition) is 2. The summed E-state index contributed by atoms with van der Waals surface area (Å²) in [7, 11) is 0. The Hall–Kier alpha value is -2.04. The number of carbonyl (C=O) groups is 2. The van der Waals surface area contributed by atoms with Gasteiger partial charge in [0.15, 0.2) is 7.20 Å². The SMILES string of the molecule is [2H]NC(=O)OCc1ccc(NC(C)(C)C(=O)C(C)C)cc1. The van der Waals surface area contributed by atoms with E-state index in [9.17, 15) is 9.59 Å². The predicted octanol–water partition coefficient (Wildman–Crippen LogP) is 2.70.